The zero-order chi connectivity index (χ0) is 17.2. The van der Waals surface area contributed by atoms with Gasteiger partial charge in [-0.25, -0.2) is 4.79 Å². The number of pyridine rings is 1. The van der Waals surface area contributed by atoms with Gasteiger partial charge in [0.1, 0.15) is 5.75 Å². The number of carbonyl (C=O) groups excluding carboxylic acids is 1. The third-order valence-electron chi connectivity index (χ3n) is 4.40. The van der Waals surface area contributed by atoms with Crippen LogP contribution in [0.25, 0.3) is 10.9 Å². The maximum absolute atomic E-state index is 12.5. The summed E-state index contributed by atoms with van der Waals surface area (Å²) in [4.78, 5) is 16.9. The van der Waals surface area contributed by atoms with Gasteiger partial charge in [0.15, 0.2) is 0 Å². The van der Waals surface area contributed by atoms with Crippen LogP contribution in [0, 0.1) is 6.92 Å². The van der Waals surface area contributed by atoms with E-state index in [1.165, 1.54) is 0 Å². The molecule has 5 heteroatoms. The molecule has 2 N–H and O–H groups in total. The van der Waals surface area contributed by atoms with Crippen molar-refractivity contribution < 1.29 is 9.53 Å². The minimum absolute atomic E-state index is 0.0586. The van der Waals surface area contributed by atoms with Gasteiger partial charge in [0.25, 0.3) is 0 Å². The molecule has 5 nitrogen and oxygen atoms in total. The van der Waals surface area contributed by atoms with Crippen LogP contribution in [0.3, 0.4) is 0 Å². The van der Waals surface area contributed by atoms with Gasteiger partial charge in [-0.1, -0.05) is 23.8 Å². The standard InChI is InChI=1S/C20H19N3O2/c1-13-7-8-19-15(12-13)18(9-11-25-19)23-20(24)22-17-6-2-5-16-14(17)4-3-10-21-16/h2-8,10,12,18H,9,11H2,1H3,(H2,22,23,24). The Kier molecular flexibility index (Phi) is 3.98. The van der Waals surface area contributed by atoms with E-state index in [0.29, 0.717) is 6.61 Å². The smallest absolute Gasteiger partial charge is 0.319 e. The number of rotatable bonds is 2. The van der Waals surface area contributed by atoms with Crippen LogP contribution in [0.2, 0.25) is 0 Å². The van der Waals surface area contributed by atoms with Crippen LogP contribution < -0.4 is 15.4 Å². The quantitative estimate of drug-likeness (QED) is 0.739. The van der Waals surface area contributed by atoms with E-state index in [2.05, 4.69) is 21.7 Å². The van der Waals surface area contributed by atoms with Crippen molar-refractivity contribution in [2.45, 2.75) is 19.4 Å². The third-order valence-corrected chi connectivity index (χ3v) is 4.40. The van der Waals surface area contributed by atoms with Crippen molar-refractivity contribution in [3.05, 3.63) is 65.9 Å². The van der Waals surface area contributed by atoms with Crippen LogP contribution in [0.1, 0.15) is 23.6 Å². The van der Waals surface area contributed by atoms with E-state index < -0.39 is 0 Å². The van der Waals surface area contributed by atoms with Gasteiger partial charge >= 0.3 is 6.03 Å². The molecule has 1 aliphatic heterocycles. The van der Waals surface area contributed by atoms with Crippen LogP contribution >= 0.6 is 0 Å². The molecule has 0 bridgehead atoms. The van der Waals surface area contributed by atoms with E-state index in [-0.39, 0.29) is 12.1 Å². The van der Waals surface area contributed by atoms with E-state index in [1.54, 1.807) is 6.20 Å². The summed E-state index contributed by atoms with van der Waals surface area (Å²) in [6.45, 7) is 2.63. The first-order valence-corrected chi connectivity index (χ1v) is 8.35. The summed E-state index contributed by atoms with van der Waals surface area (Å²) in [5, 5.41) is 6.93. The van der Waals surface area contributed by atoms with Gasteiger partial charge in [-0.2, -0.15) is 0 Å². The van der Waals surface area contributed by atoms with Crippen LogP contribution in [0.15, 0.2) is 54.7 Å². The molecule has 4 rings (SSSR count). The second kappa shape index (κ2) is 6.43. The molecule has 0 fully saturated rings. The molecule has 1 aliphatic rings. The average molecular weight is 333 g/mol. The fraction of sp³-hybridized carbons (Fsp3) is 0.200. The fourth-order valence-electron chi connectivity index (χ4n) is 3.19. The molecule has 1 atom stereocenters. The van der Waals surface area contributed by atoms with Gasteiger partial charge in [0, 0.05) is 23.6 Å². The number of aryl methyl sites for hydroxylation is 1. The number of benzene rings is 2. The average Bonchev–Trinajstić information content (AvgIpc) is 2.62. The van der Waals surface area contributed by atoms with Crippen molar-refractivity contribution in [1.82, 2.24) is 10.3 Å². The predicted octanol–water partition coefficient (Wildman–Crippen LogP) is 4.19. The molecular formula is C20H19N3O2. The van der Waals surface area contributed by atoms with E-state index >= 15 is 0 Å². The van der Waals surface area contributed by atoms with E-state index in [0.717, 1.165) is 39.9 Å². The van der Waals surface area contributed by atoms with Gasteiger partial charge in [0.2, 0.25) is 0 Å². The van der Waals surface area contributed by atoms with Gasteiger partial charge in [-0.05, 0) is 37.3 Å². The summed E-state index contributed by atoms with van der Waals surface area (Å²) in [5.74, 6) is 0.844. The number of carbonyl (C=O) groups is 1. The minimum atomic E-state index is -0.226. The van der Waals surface area contributed by atoms with Crippen molar-refractivity contribution >= 4 is 22.6 Å². The Balaban J connectivity index is 1.54. The number of urea groups is 1. The first kappa shape index (κ1) is 15.4. The normalized spacial score (nSPS) is 16.0. The van der Waals surface area contributed by atoms with Gasteiger partial charge < -0.3 is 15.4 Å². The zero-order valence-electron chi connectivity index (χ0n) is 14.0. The highest BCUT2D eigenvalue weighted by atomic mass is 16.5. The monoisotopic (exact) mass is 333 g/mol. The highest BCUT2D eigenvalue weighted by molar-refractivity contribution is 6.00. The van der Waals surface area contributed by atoms with Gasteiger partial charge in [0.05, 0.1) is 23.9 Å². The Morgan fingerprint density at radius 1 is 1.20 bits per heavy atom. The highest BCUT2D eigenvalue weighted by Gasteiger charge is 2.23. The van der Waals surface area contributed by atoms with Crippen LogP contribution in [0.5, 0.6) is 5.75 Å². The Morgan fingerprint density at radius 3 is 3.04 bits per heavy atom. The Labute approximate surface area is 146 Å². The third kappa shape index (κ3) is 3.13. The number of nitrogens with one attached hydrogen (secondary N) is 2. The summed E-state index contributed by atoms with van der Waals surface area (Å²) in [5.41, 5.74) is 3.78. The number of aromatic nitrogens is 1. The van der Waals surface area contributed by atoms with Crippen LogP contribution in [-0.4, -0.2) is 17.6 Å². The van der Waals surface area contributed by atoms with Crippen molar-refractivity contribution in [3.63, 3.8) is 0 Å². The molecular weight excluding hydrogens is 314 g/mol. The Morgan fingerprint density at radius 2 is 2.12 bits per heavy atom. The lowest BCUT2D eigenvalue weighted by atomic mass is 9.99. The van der Waals surface area contributed by atoms with Crippen LogP contribution in [-0.2, 0) is 0 Å². The van der Waals surface area contributed by atoms with Gasteiger partial charge in [-0.15, -0.1) is 0 Å². The summed E-state index contributed by atoms with van der Waals surface area (Å²) >= 11 is 0. The number of fused-ring (bicyclic) bond motifs is 2. The molecule has 0 saturated heterocycles. The molecule has 25 heavy (non-hydrogen) atoms. The maximum Gasteiger partial charge on any atom is 0.319 e. The predicted molar refractivity (Wildman–Crippen MR) is 97.9 cm³/mol. The van der Waals surface area contributed by atoms with E-state index in [4.69, 9.17) is 4.74 Å². The Bertz CT molecular complexity index is 934. The molecule has 1 unspecified atom stereocenters. The second-order valence-corrected chi connectivity index (χ2v) is 6.21. The molecule has 0 saturated carbocycles. The molecule has 3 aromatic rings. The summed E-state index contributed by atoms with van der Waals surface area (Å²) in [6, 6.07) is 15.3. The first-order valence-electron chi connectivity index (χ1n) is 8.35. The van der Waals surface area contributed by atoms with E-state index in [9.17, 15) is 4.79 Å². The lowest BCUT2D eigenvalue weighted by molar-refractivity contribution is 0.232. The lowest BCUT2D eigenvalue weighted by Crippen LogP contribution is -2.35. The van der Waals surface area contributed by atoms with Crippen LogP contribution in [0.4, 0.5) is 10.5 Å². The SMILES string of the molecule is Cc1ccc2c(c1)C(NC(=O)Nc1cccc3ncccc13)CCO2. The number of nitrogens with zero attached hydrogens (tertiary/aromatic N) is 1. The second-order valence-electron chi connectivity index (χ2n) is 6.21. The lowest BCUT2D eigenvalue weighted by Gasteiger charge is -2.27. The van der Waals surface area contributed by atoms with Crippen molar-refractivity contribution in [2.75, 3.05) is 11.9 Å². The molecule has 126 valence electrons. The number of ether oxygens (including phenoxy) is 1. The maximum atomic E-state index is 12.5. The summed E-state index contributed by atoms with van der Waals surface area (Å²) in [6.07, 6.45) is 2.49. The summed E-state index contributed by atoms with van der Waals surface area (Å²) in [7, 11) is 0. The zero-order valence-corrected chi connectivity index (χ0v) is 14.0. The molecule has 0 aliphatic carbocycles. The molecule has 2 heterocycles. The molecule has 1 aromatic heterocycles. The topological polar surface area (TPSA) is 63.2 Å². The molecule has 0 radical (unpaired) electrons. The minimum Gasteiger partial charge on any atom is -0.493 e. The first-order chi connectivity index (χ1) is 12.2. The molecule has 0 spiro atoms. The van der Waals surface area contributed by atoms with Gasteiger partial charge in [-0.3, -0.25) is 4.98 Å². The fourth-order valence-corrected chi connectivity index (χ4v) is 3.19. The number of amides is 2. The molecule has 2 amide bonds. The number of anilines is 1. The number of hydrogen-bond donors (Lipinski definition) is 2. The van der Waals surface area contributed by atoms with Crippen molar-refractivity contribution in [2.24, 2.45) is 0 Å². The van der Waals surface area contributed by atoms with E-state index in [1.807, 2.05) is 49.4 Å². The Hall–Kier alpha value is -3.08. The summed E-state index contributed by atoms with van der Waals surface area (Å²) < 4.78 is 5.69. The molecule has 2 aromatic carbocycles. The largest absolute Gasteiger partial charge is 0.493 e. The van der Waals surface area contributed by atoms with Crippen molar-refractivity contribution in [1.29, 1.82) is 0 Å². The van der Waals surface area contributed by atoms with Crippen molar-refractivity contribution in [3.8, 4) is 5.75 Å². The highest BCUT2D eigenvalue weighted by Crippen LogP contribution is 2.32. The number of hydrogen-bond acceptors (Lipinski definition) is 3.